The van der Waals surface area contributed by atoms with E-state index in [0.29, 0.717) is 18.7 Å². The number of sulfonamides is 1. The molecule has 7 nitrogen and oxygen atoms in total. The number of carbonyl (C=O) groups is 1. The van der Waals surface area contributed by atoms with Crippen LogP contribution in [0, 0.1) is 0 Å². The summed E-state index contributed by atoms with van der Waals surface area (Å²) < 4.78 is 32.9. The first-order valence-electron chi connectivity index (χ1n) is 9.54. The summed E-state index contributed by atoms with van der Waals surface area (Å²) in [6.45, 7) is 5.94. The Bertz CT molecular complexity index is 762. The number of hydrogen-bond donors (Lipinski definition) is 1. The minimum Gasteiger partial charge on any atom is -0.373 e. The van der Waals surface area contributed by atoms with Gasteiger partial charge in [0, 0.05) is 37.8 Å². The average Bonchev–Trinajstić information content (AvgIpc) is 3.09. The van der Waals surface area contributed by atoms with Crippen LogP contribution in [0.5, 0.6) is 0 Å². The van der Waals surface area contributed by atoms with E-state index in [4.69, 9.17) is 4.74 Å². The predicted molar refractivity (Wildman–Crippen MR) is 110 cm³/mol. The Morgan fingerprint density at radius 2 is 1.79 bits per heavy atom. The van der Waals surface area contributed by atoms with Crippen LogP contribution in [0.1, 0.15) is 37.0 Å². The van der Waals surface area contributed by atoms with Crippen LogP contribution < -0.4 is 5.32 Å². The molecule has 3 rings (SSSR count). The van der Waals surface area contributed by atoms with Crippen molar-refractivity contribution in [2.45, 2.75) is 49.8 Å². The third kappa shape index (κ3) is 4.86. The van der Waals surface area contributed by atoms with Gasteiger partial charge in [0.1, 0.15) is 0 Å². The van der Waals surface area contributed by atoms with E-state index in [1.807, 2.05) is 25.8 Å². The van der Waals surface area contributed by atoms with E-state index in [2.05, 4.69) is 5.32 Å². The van der Waals surface area contributed by atoms with E-state index in [1.54, 1.807) is 12.1 Å². The Balaban J connectivity index is 0.00000280. The molecule has 2 saturated heterocycles. The molecule has 158 valence electrons. The minimum absolute atomic E-state index is 0. The lowest BCUT2D eigenvalue weighted by atomic mass is 10.1. The van der Waals surface area contributed by atoms with E-state index in [9.17, 15) is 13.2 Å². The lowest BCUT2D eigenvalue weighted by Crippen LogP contribution is -2.48. The van der Waals surface area contributed by atoms with Crippen LogP contribution in [0.15, 0.2) is 29.2 Å². The van der Waals surface area contributed by atoms with Crippen LogP contribution in [-0.4, -0.2) is 75.0 Å². The molecule has 0 bridgehead atoms. The fourth-order valence-corrected chi connectivity index (χ4v) is 5.55. The number of hydrogen-bond acceptors (Lipinski definition) is 5. The van der Waals surface area contributed by atoms with Gasteiger partial charge in [-0.2, -0.15) is 4.31 Å². The molecular formula is C19H30ClN3O4S. The Morgan fingerprint density at radius 1 is 1.18 bits per heavy atom. The van der Waals surface area contributed by atoms with E-state index in [-0.39, 0.29) is 41.5 Å². The third-order valence-corrected chi connectivity index (χ3v) is 7.05. The molecule has 1 amide bonds. The Labute approximate surface area is 173 Å². The first-order chi connectivity index (χ1) is 12.8. The highest BCUT2D eigenvalue weighted by Gasteiger charge is 2.33. The van der Waals surface area contributed by atoms with Gasteiger partial charge in [0.05, 0.1) is 17.1 Å². The summed E-state index contributed by atoms with van der Waals surface area (Å²) in [5.74, 6) is -0.0367. The van der Waals surface area contributed by atoms with Crippen LogP contribution in [0.25, 0.3) is 0 Å². The quantitative estimate of drug-likeness (QED) is 0.768. The van der Waals surface area contributed by atoms with Crippen molar-refractivity contribution in [3.8, 4) is 0 Å². The summed E-state index contributed by atoms with van der Waals surface area (Å²) in [6, 6.07) is 6.52. The lowest BCUT2D eigenvalue weighted by Gasteiger charge is -2.34. The summed E-state index contributed by atoms with van der Waals surface area (Å²) in [6.07, 6.45) is 1.72. The van der Waals surface area contributed by atoms with E-state index < -0.39 is 10.0 Å². The molecule has 1 aromatic rings. The number of carbonyl (C=O) groups excluding carboxylic acids is 1. The molecule has 28 heavy (non-hydrogen) atoms. The van der Waals surface area contributed by atoms with Crippen LogP contribution in [0.4, 0.5) is 0 Å². The van der Waals surface area contributed by atoms with Crippen molar-refractivity contribution in [2.24, 2.45) is 0 Å². The van der Waals surface area contributed by atoms with Gasteiger partial charge < -0.3 is 15.0 Å². The Hall–Kier alpha value is -1.19. The topological polar surface area (TPSA) is 79.0 Å². The van der Waals surface area contributed by atoms with Gasteiger partial charge in [-0.3, -0.25) is 4.79 Å². The number of amides is 1. The highest BCUT2D eigenvalue weighted by atomic mass is 35.5. The second-order valence-electron chi connectivity index (χ2n) is 7.46. The Kier molecular flexibility index (Phi) is 7.87. The second-order valence-corrected chi connectivity index (χ2v) is 9.39. The standard InChI is InChI=1S/C19H29N3O4S.ClH/c1-14-12-21(13-15(2)26-14)27(24,25)18-8-6-16(7-9-18)19(23)22-10-4-5-17(22)11-20-3;/h6-9,14-15,17,20H,4-5,10-13H2,1-3H3;1H. The van der Waals surface area contributed by atoms with Crippen molar-refractivity contribution >= 4 is 28.3 Å². The van der Waals surface area contributed by atoms with E-state index in [1.165, 1.54) is 16.4 Å². The molecule has 2 heterocycles. The molecule has 9 heteroatoms. The van der Waals surface area contributed by atoms with Gasteiger partial charge in [0.15, 0.2) is 0 Å². The van der Waals surface area contributed by atoms with Crippen LogP contribution in [0.3, 0.4) is 0 Å². The molecule has 0 spiro atoms. The molecule has 1 N–H and O–H groups in total. The predicted octanol–water partition coefficient (Wildman–Crippen LogP) is 1.73. The Morgan fingerprint density at radius 3 is 2.36 bits per heavy atom. The van der Waals surface area contributed by atoms with Crippen molar-refractivity contribution in [1.29, 1.82) is 0 Å². The maximum atomic E-state index is 12.9. The number of ether oxygens (including phenoxy) is 1. The van der Waals surface area contributed by atoms with Gasteiger partial charge in [-0.15, -0.1) is 12.4 Å². The number of rotatable bonds is 5. The highest BCUT2D eigenvalue weighted by Crippen LogP contribution is 2.23. The zero-order valence-corrected chi connectivity index (χ0v) is 18.3. The summed E-state index contributed by atoms with van der Waals surface area (Å²) >= 11 is 0. The molecule has 0 radical (unpaired) electrons. The number of likely N-dealkylation sites (tertiary alicyclic amines) is 1. The maximum Gasteiger partial charge on any atom is 0.254 e. The number of likely N-dealkylation sites (N-methyl/N-ethyl adjacent to an activating group) is 1. The van der Waals surface area contributed by atoms with Crippen molar-refractivity contribution in [3.63, 3.8) is 0 Å². The summed E-state index contributed by atoms with van der Waals surface area (Å²) in [5, 5.41) is 3.13. The smallest absolute Gasteiger partial charge is 0.254 e. The number of nitrogens with zero attached hydrogens (tertiary/aromatic N) is 2. The van der Waals surface area contributed by atoms with Crippen molar-refractivity contribution in [1.82, 2.24) is 14.5 Å². The van der Waals surface area contributed by atoms with Crippen molar-refractivity contribution in [2.75, 3.05) is 33.2 Å². The zero-order chi connectivity index (χ0) is 19.6. The van der Waals surface area contributed by atoms with Gasteiger partial charge in [-0.1, -0.05) is 0 Å². The number of halogens is 1. The SMILES string of the molecule is CNCC1CCCN1C(=O)c1ccc(S(=O)(=O)N2CC(C)OC(C)C2)cc1.Cl. The monoisotopic (exact) mass is 431 g/mol. The molecule has 2 fully saturated rings. The summed E-state index contributed by atoms with van der Waals surface area (Å²) in [4.78, 5) is 14.9. The normalized spacial score (nSPS) is 26.1. The molecular weight excluding hydrogens is 402 g/mol. The van der Waals surface area contributed by atoms with Gasteiger partial charge in [0.2, 0.25) is 10.0 Å². The molecule has 0 saturated carbocycles. The number of nitrogens with one attached hydrogen (secondary N) is 1. The summed E-state index contributed by atoms with van der Waals surface area (Å²) in [7, 11) is -1.71. The van der Waals surface area contributed by atoms with Gasteiger partial charge in [-0.25, -0.2) is 8.42 Å². The van der Waals surface area contributed by atoms with Crippen molar-refractivity contribution < 1.29 is 17.9 Å². The van der Waals surface area contributed by atoms with Gasteiger partial charge in [0.25, 0.3) is 5.91 Å². The fourth-order valence-electron chi connectivity index (χ4n) is 3.96. The van der Waals surface area contributed by atoms with E-state index in [0.717, 1.165) is 25.9 Å². The van der Waals surface area contributed by atoms with Gasteiger partial charge >= 0.3 is 0 Å². The molecule has 3 atom stereocenters. The first kappa shape index (κ1) is 23.1. The summed E-state index contributed by atoms with van der Waals surface area (Å²) in [5.41, 5.74) is 0.528. The van der Waals surface area contributed by atoms with Crippen LogP contribution >= 0.6 is 12.4 Å². The van der Waals surface area contributed by atoms with E-state index >= 15 is 0 Å². The third-order valence-electron chi connectivity index (χ3n) is 5.20. The first-order valence-corrected chi connectivity index (χ1v) is 11.0. The molecule has 3 unspecified atom stereocenters. The fraction of sp³-hybridized carbons (Fsp3) is 0.632. The average molecular weight is 432 g/mol. The molecule has 0 aliphatic carbocycles. The maximum absolute atomic E-state index is 12.9. The van der Waals surface area contributed by atoms with Crippen LogP contribution in [-0.2, 0) is 14.8 Å². The minimum atomic E-state index is -3.59. The van der Waals surface area contributed by atoms with Gasteiger partial charge in [-0.05, 0) is 58.0 Å². The van der Waals surface area contributed by atoms with Crippen molar-refractivity contribution in [3.05, 3.63) is 29.8 Å². The lowest BCUT2D eigenvalue weighted by molar-refractivity contribution is -0.0440. The number of morpholine rings is 1. The second kappa shape index (κ2) is 9.54. The number of benzene rings is 1. The largest absolute Gasteiger partial charge is 0.373 e. The molecule has 2 aliphatic heterocycles. The van der Waals surface area contributed by atoms with Crippen LogP contribution in [0.2, 0.25) is 0 Å². The zero-order valence-electron chi connectivity index (χ0n) is 16.6. The molecule has 1 aromatic carbocycles. The highest BCUT2D eigenvalue weighted by molar-refractivity contribution is 7.89. The molecule has 2 aliphatic rings. The molecule has 0 aromatic heterocycles.